The molecule has 3 rings (SSSR count). The van der Waals surface area contributed by atoms with Gasteiger partial charge in [-0.1, -0.05) is 12.1 Å². The van der Waals surface area contributed by atoms with Gasteiger partial charge in [-0.3, -0.25) is 9.59 Å². The predicted octanol–water partition coefficient (Wildman–Crippen LogP) is 4.09. The van der Waals surface area contributed by atoms with Crippen LogP contribution >= 0.6 is 0 Å². The summed E-state index contributed by atoms with van der Waals surface area (Å²) in [6.07, 6.45) is -3.18. The second kappa shape index (κ2) is 9.71. The summed E-state index contributed by atoms with van der Waals surface area (Å²) in [5.74, 6) is -0.548. The third-order valence-electron chi connectivity index (χ3n) is 4.87. The Bertz CT molecular complexity index is 1010. The summed E-state index contributed by atoms with van der Waals surface area (Å²) in [6.45, 7) is 2.87. The highest BCUT2D eigenvalue weighted by molar-refractivity contribution is 6.05. The van der Waals surface area contributed by atoms with Crippen LogP contribution in [0.3, 0.4) is 0 Å². The zero-order chi connectivity index (χ0) is 23.3. The zero-order valence-electron chi connectivity index (χ0n) is 17.3. The van der Waals surface area contributed by atoms with Crippen molar-refractivity contribution < 1.29 is 27.6 Å². The number of anilines is 2. The molecule has 4 amide bonds. The number of rotatable bonds is 6. The molecule has 1 saturated heterocycles. The number of amides is 4. The molecule has 7 nitrogen and oxygen atoms in total. The van der Waals surface area contributed by atoms with Crippen LogP contribution < -0.4 is 16.0 Å². The van der Waals surface area contributed by atoms with Gasteiger partial charge < -0.3 is 20.9 Å². The largest absolute Gasteiger partial charge is 0.416 e. The fourth-order valence-corrected chi connectivity index (χ4v) is 3.38. The molecule has 170 valence electrons. The molecule has 0 unspecified atom stereocenters. The molecule has 0 aliphatic carbocycles. The van der Waals surface area contributed by atoms with Gasteiger partial charge in [0.2, 0.25) is 5.91 Å². The van der Waals surface area contributed by atoms with E-state index in [1.807, 2.05) is 0 Å². The Morgan fingerprint density at radius 2 is 1.75 bits per heavy atom. The van der Waals surface area contributed by atoms with E-state index in [2.05, 4.69) is 16.0 Å². The van der Waals surface area contributed by atoms with E-state index in [1.54, 1.807) is 24.0 Å². The number of nitrogens with zero attached hydrogens (tertiary/aromatic N) is 1. The molecule has 2 aromatic rings. The molecular weight excluding hydrogens is 425 g/mol. The average Bonchev–Trinajstić information content (AvgIpc) is 3.12. The Kier molecular flexibility index (Phi) is 7.01. The van der Waals surface area contributed by atoms with Crippen LogP contribution in [0.5, 0.6) is 0 Å². The molecule has 0 saturated carbocycles. The smallest absolute Gasteiger partial charge is 0.341 e. The van der Waals surface area contributed by atoms with Crippen LogP contribution in [0.4, 0.5) is 29.3 Å². The third kappa shape index (κ3) is 6.22. The summed E-state index contributed by atoms with van der Waals surface area (Å²) in [6, 6.07) is 9.57. The number of benzene rings is 2. The Balaban J connectivity index is 1.58. The molecule has 0 bridgehead atoms. The summed E-state index contributed by atoms with van der Waals surface area (Å²) in [5.41, 5.74) is -0.363. The zero-order valence-corrected chi connectivity index (χ0v) is 17.3. The van der Waals surface area contributed by atoms with Crippen molar-refractivity contribution in [2.75, 3.05) is 23.7 Å². The Hall–Kier alpha value is -3.56. The van der Waals surface area contributed by atoms with Gasteiger partial charge in [0.05, 0.1) is 5.56 Å². The highest BCUT2D eigenvalue weighted by atomic mass is 19.4. The molecule has 1 atom stereocenters. The first-order chi connectivity index (χ1) is 15.1. The Labute approximate surface area is 183 Å². The van der Waals surface area contributed by atoms with E-state index in [9.17, 15) is 27.6 Å². The minimum Gasteiger partial charge on any atom is -0.341 e. The minimum absolute atomic E-state index is 0.00575. The summed E-state index contributed by atoms with van der Waals surface area (Å²) in [5, 5.41) is 7.77. The molecular formula is C22H23F3N4O3. The lowest BCUT2D eigenvalue weighted by atomic mass is 10.1. The van der Waals surface area contributed by atoms with Gasteiger partial charge in [0.15, 0.2) is 0 Å². The van der Waals surface area contributed by atoms with Crippen LogP contribution in [0, 0.1) is 0 Å². The van der Waals surface area contributed by atoms with Gasteiger partial charge in [-0.25, -0.2) is 4.79 Å². The van der Waals surface area contributed by atoms with Crippen molar-refractivity contribution in [3.8, 4) is 0 Å². The molecule has 0 aromatic heterocycles. The first-order valence-corrected chi connectivity index (χ1v) is 10.1. The first-order valence-electron chi connectivity index (χ1n) is 10.1. The van der Waals surface area contributed by atoms with Gasteiger partial charge in [-0.15, -0.1) is 0 Å². The van der Waals surface area contributed by atoms with E-state index in [-0.39, 0.29) is 23.2 Å². The van der Waals surface area contributed by atoms with E-state index in [0.717, 1.165) is 18.6 Å². The van der Waals surface area contributed by atoms with Crippen molar-refractivity contribution in [3.63, 3.8) is 0 Å². The normalized spacial score (nSPS) is 14.8. The molecule has 1 fully saturated rings. The maximum Gasteiger partial charge on any atom is 0.416 e. The van der Waals surface area contributed by atoms with Gasteiger partial charge in [-0.2, -0.15) is 13.2 Å². The number of halogens is 3. The van der Waals surface area contributed by atoms with Crippen LogP contribution in [-0.4, -0.2) is 41.9 Å². The maximum atomic E-state index is 12.8. The molecule has 32 heavy (non-hydrogen) atoms. The number of hydrogen-bond acceptors (Lipinski definition) is 3. The minimum atomic E-state index is -4.52. The number of carbonyl (C=O) groups is 3. The van der Waals surface area contributed by atoms with Crippen molar-refractivity contribution in [2.45, 2.75) is 32.0 Å². The quantitative estimate of drug-likeness (QED) is 0.622. The van der Waals surface area contributed by atoms with Gasteiger partial charge >= 0.3 is 12.2 Å². The molecule has 1 aliphatic heterocycles. The number of likely N-dealkylation sites (tertiary alicyclic amines) is 1. The molecule has 2 aromatic carbocycles. The van der Waals surface area contributed by atoms with E-state index in [0.29, 0.717) is 25.2 Å². The SMILES string of the molecule is C[C@H](CN1CCCC1=O)NC(=O)Nc1cccc(C(=O)Nc2cccc(C(F)(F)F)c2)c1. The fourth-order valence-electron chi connectivity index (χ4n) is 3.38. The standard InChI is InChI=1S/C22H23F3N4O3/c1-14(13-29-10-4-9-19(29)30)26-21(32)28-17-7-2-5-15(11-17)20(31)27-18-8-3-6-16(12-18)22(23,24)25/h2-3,5-8,11-12,14H,4,9-10,13H2,1H3,(H,27,31)(H2,26,28,32)/t14-/m1/s1. The Morgan fingerprint density at radius 3 is 2.41 bits per heavy atom. The van der Waals surface area contributed by atoms with Crippen molar-refractivity contribution in [3.05, 3.63) is 59.7 Å². The van der Waals surface area contributed by atoms with Crippen molar-refractivity contribution in [2.24, 2.45) is 0 Å². The summed E-state index contributed by atoms with van der Waals surface area (Å²) in [4.78, 5) is 38.1. The van der Waals surface area contributed by atoms with Gasteiger partial charge in [0.25, 0.3) is 5.91 Å². The lowest BCUT2D eigenvalue weighted by Crippen LogP contribution is -2.44. The summed E-state index contributed by atoms with van der Waals surface area (Å²) in [7, 11) is 0. The van der Waals surface area contributed by atoms with Gasteiger partial charge in [0.1, 0.15) is 0 Å². The van der Waals surface area contributed by atoms with Gasteiger partial charge in [-0.05, 0) is 49.7 Å². The van der Waals surface area contributed by atoms with Crippen molar-refractivity contribution in [1.82, 2.24) is 10.2 Å². The van der Waals surface area contributed by atoms with E-state index in [4.69, 9.17) is 0 Å². The number of alkyl halides is 3. The van der Waals surface area contributed by atoms with Crippen LogP contribution in [0.2, 0.25) is 0 Å². The highest BCUT2D eigenvalue weighted by Gasteiger charge is 2.30. The third-order valence-corrected chi connectivity index (χ3v) is 4.87. The monoisotopic (exact) mass is 448 g/mol. The fraction of sp³-hybridized carbons (Fsp3) is 0.318. The predicted molar refractivity (Wildman–Crippen MR) is 113 cm³/mol. The summed E-state index contributed by atoms with van der Waals surface area (Å²) < 4.78 is 38.5. The van der Waals surface area contributed by atoms with E-state index in [1.165, 1.54) is 24.3 Å². The Morgan fingerprint density at radius 1 is 1.06 bits per heavy atom. The summed E-state index contributed by atoms with van der Waals surface area (Å²) >= 11 is 0. The number of urea groups is 1. The number of hydrogen-bond donors (Lipinski definition) is 3. The van der Waals surface area contributed by atoms with E-state index < -0.39 is 23.7 Å². The van der Waals surface area contributed by atoms with Crippen LogP contribution in [0.25, 0.3) is 0 Å². The lowest BCUT2D eigenvalue weighted by Gasteiger charge is -2.21. The topological polar surface area (TPSA) is 90.5 Å². The molecule has 3 N–H and O–H groups in total. The van der Waals surface area contributed by atoms with Crippen LogP contribution in [0.15, 0.2) is 48.5 Å². The molecule has 0 radical (unpaired) electrons. The lowest BCUT2D eigenvalue weighted by molar-refractivity contribution is -0.137. The average molecular weight is 448 g/mol. The maximum absolute atomic E-state index is 12.8. The molecule has 10 heteroatoms. The molecule has 1 aliphatic rings. The van der Waals surface area contributed by atoms with Gasteiger partial charge in [0, 0.05) is 42.5 Å². The molecule has 0 spiro atoms. The second-order valence-corrected chi connectivity index (χ2v) is 7.56. The van der Waals surface area contributed by atoms with Crippen LogP contribution in [0.1, 0.15) is 35.7 Å². The second-order valence-electron chi connectivity index (χ2n) is 7.56. The van der Waals surface area contributed by atoms with E-state index >= 15 is 0 Å². The number of carbonyl (C=O) groups excluding carboxylic acids is 3. The van der Waals surface area contributed by atoms with Crippen molar-refractivity contribution in [1.29, 1.82) is 0 Å². The number of nitrogens with one attached hydrogen (secondary N) is 3. The van der Waals surface area contributed by atoms with Crippen molar-refractivity contribution >= 4 is 29.2 Å². The molecule has 1 heterocycles. The highest BCUT2D eigenvalue weighted by Crippen LogP contribution is 2.30. The van der Waals surface area contributed by atoms with Crippen LogP contribution in [-0.2, 0) is 11.0 Å². The first kappa shape index (κ1) is 23.1.